The Kier molecular flexibility index (Phi) is 9.84. The molecule has 2 saturated heterocycles. The molecule has 0 spiro atoms. The van der Waals surface area contributed by atoms with Crippen LogP contribution >= 0.6 is 34.5 Å². The highest BCUT2D eigenvalue weighted by atomic mass is 35.5. The lowest BCUT2D eigenvalue weighted by Gasteiger charge is -2.39. The van der Waals surface area contributed by atoms with Crippen molar-refractivity contribution in [3.63, 3.8) is 0 Å². The maximum Gasteiger partial charge on any atom is 0.0720 e. The molecule has 3 aliphatic rings. The number of ether oxygens (including phenoxy) is 1. The van der Waals surface area contributed by atoms with Crippen molar-refractivity contribution < 1.29 is 4.74 Å². The molecule has 1 aliphatic carbocycles. The van der Waals surface area contributed by atoms with E-state index in [0.717, 1.165) is 43.1 Å². The Bertz CT molecular complexity index is 1190. The molecule has 0 radical (unpaired) electrons. The van der Waals surface area contributed by atoms with Crippen molar-refractivity contribution >= 4 is 34.5 Å². The number of thiophene rings is 1. The van der Waals surface area contributed by atoms with Crippen LogP contribution in [0.1, 0.15) is 61.1 Å². The summed E-state index contributed by atoms with van der Waals surface area (Å²) < 4.78 is 6.57. The molecule has 3 nitrogen and oxygen atoms in total. The molecule has 1 saturated carbocycles. The lowest BCUT2D eigenvalue weighted by atomic mass is 9.76. The topological polar surface area (TPSA) is 15.7 Å². The van der Waals surface area contributed by atoms with E-state index in [0.29, 0.717) is 23.0 Å². The second kappa shape index (κ2) is 13.7. The fourth-order valence-electron chi connectivity index (χ4n) is 7.08. The molecule has 214 valence electrons. The van der Waals surface area contributed by atoms with Crippen LogP contribution < -0.4 is 0 Å². The fraction of sp³-hybridized carbons (Fsp3) is 0.529. The molecular formula is C34H42Cl2N2OS. The summed E-state index contributed by atoms with van der Waals surface area (Å²) in [5.41, 5.74) is 3.98. The number of piperidine rings is 1. The maximum atomic E-state index is 6.57. The summed E-state index contributed by atoms with van der Waals surface area (Å²) >= 11 is 14.5. The monoisotopic (exact) mass is 596 g/mol. The standard InChI is InChI=1S/C34H42Cl2N2OS/c35-31-10-9-28(33(36)18-31)19-38-21-30(32(22-38)29-13-16-40-24-29)20-37-14-11-25(12-15-37)17-34(27-7-4-8-27)39-23-26-5-2-1-3-6-26/h1-3,5-6,9-10,13,16,18,24-25,27,30,32,34H,4,7-8,11-12,14-15,17,19-23H2/t30-,32+,34?/m0/s1. The van der Waals surface area contributed by atoms with E-state index in [4.69, 9.17) is 27.9 Å². The first-order valence-corrected chi connectivity index (χ1v) is 16.9. The Labute approximate surface area is 254 Å². The molecule has 3 heterocycles. The van der Waals surface area contributed by atoms with Gasteiger partial charge in [-0.25, -0.2) is 0 Å². The third-order valence-electron chi connectivity index (χ3n) is 9.65. The Morgan fingerprint density at radius 3 is 2.45 bits per heavy atom. The highest BCUT2D eigenvalue weighted by Crippen LogP contribution is 2.39. The molecule has 2 aromatic carbocycles. The van der Waals surface area contributed by atoms with Gasteiger partial charge in [0.05, 0.1) is 12.7 Å². The van der Waals surface area contributed by atoms with Crippen molar-refractivity contribution in [2.75, 3.05) is 32.7 Å². The highest BCUT2D eigenvalue weighted by Gasteiger charge is 2.37. The second-order valence-electron chi connectivity index (χ2n) is 12.4. The summed E-state index contributed by atoms with van der Waals surface area (Å²) in [6.45, 7) is 7.49. The number of hydrogen-bond donors (Lipinski definition) is 0. The number of halogens is 2. The van der Waals surface area contributed by atoms with Crippen LogP contribution in [0, 0.1) is 17.8 Å². The molecule has 6 heteroatoms. The van der Waals surface area contributed by atoms with E-state index in [1.165, 1.54) is 74.8 Å². The second-order valence-corrected chi connectivity index (χ2v) is 14.0. The molecule has 3 fully saturated rings. The van der Waals surface area contributed by atoms with Gasteiger partial charge in [-0.05, 0) is 109 Å². The van der Waals surface area contributed by atoms with Gasteiger partial charge in [0.1, 0.15) is 0 Å². The lowest BCUT2D eigenvalue weighted by Crippen LogP contribution is -2.40. The molecular weight excluding hydrogens is 555 g/mol. The third-order valence-corrected chi connectivity index (χ3v) is 10.9. The fourth-order valence-corrected chi connectivity index (χ4v) is 8.27. The van der Waals surface area contributed by atoms with Crippen molar-refractivity contribution in [2.45, 2.75) is 63.7 Å². The van der Waals surface area contributed by atoms with Gasteiger partial charge in [0.2, 0.25) is 0 Å². The first-order chi connectivity index (χ1) is 19.6. The number of rotatable bonds is 11. The largest absolute Gasteiger partial charge is 0.373 e. The minimum Gasteiger partial charge on any atom is -0.373 e. The molecule has 3 aromatic rings. The minimum atomic E-state index is 0.427. The first-order valence-electron chi connectivity index (χ1n) is 15.2. The molecule has 0 amide bonds. The minimum absolute atomic E-state index is 0.427. The van der Waals surface area contributed by atoms with E-state index < -0.39 is 0 Å². The summed E-state index contributed by atoms with van der Waals surface area (Å²) in [4.78, 5) is 5.35. The number of nitrogens with zero attached hydrogens (tertiary/aromatic N) is 2. The predicted octanol–water partition coefficient (Wildman–Crippen LogP) is 8.76. The zero-order valence-corrected chi connectivity index (χ0v) is 25.7. The Morgan fingerprint density at radius 2 is 1.75 bits per heavy atom. The van der Waals surface area contributed by atoms with Crippen molar-refractivity contribution in [1.82, 2.24) is 9.80 Å². The Hall–Kier alpha value is -1.40. The maximum absolute atomic E-state index is 6.57. The van der Waals surface area contributed by atoms with Gasteiger partial charge in [0, 0.05) is 42.1 Å². The Morgan fingerprint density at radius 1 is 0.925 bits per heavy atom. The highest BCUT2D eigenvalue weighted by molar-refractivity contribution is 7.08. The summed E-state index contributed by atoms with van der Waals surface area (Å²) in [6, 6.07) is 18.9. The molecule has 3 atom stereocenters. The quantitative estimate of drug-likeness (QED) is 0.220. The molecule has 40 heavy (non-hydrogen) atoms. The van der Waals surface area contributed by atoms with E-state index in [9.17, 15) is 0 Å². The van der Waals surface area contributed by atoms with Gasteiger partial charge in [0.25, 0.3) is 0 Å². The van der Waals surface area contributed by atoms with Crippen molar-refractivity contribution in [1.29, 1.82) is 0 Å². The van der Waals surface area contributed by atoms with Gasteiger partial charge in [0.15, 0.2) is 0 Å². The predicted molar refractivity (Wildman–Crippen MR) is 168 cm³/mol. The van der Waals surface area contributed by atoms with Crippen LogP contribution in [-0.4, -0.2) is 48.6 Å². The SMILES string of the molecule is Clc1ccc(CN2C[C@H](CN3CCC(CC(OCc4ccccc4)C4CCC4)CC3)[C@@H](c3ccsc3)C2)c(Cl)c1. The summed E-state index contributed by atoms with van der Waals surface area (Å²) in [5.74, 6) is 2.79. The van der Waals surface area contributed by atoms with Crippen molar-refractivity contribution in [2.24, 2.45) is 17.8 Å². The van der Waals surface area contributed by atoms with Gasteiger partial charge < -0.3 is 9.64 Å². The molecule has 6 rings (SSSR count). The van der Waals surface area contributed by atoms with Crippen LogP contribution in [0.5, 0.6) is 0 Å². The average molecular weight is 598 g/mol. The van der Waals surface area contributed by atoms with Gasteiger partial charge in [-0.15, -0.1) is 0 Å². The van der Waals surface area contributed by atoms with Crippen molar-refractivity contribution in [3.8, 4) is 0 Å². The van der Waals surface area contributed by atoms with Gasteiger partial charge in [-0.2, -0.15) is 11.3 Å². The normalized spacial score (nSPS) is 23.9. The third kappa shape index (κ3) is 7.32. The summed E-state index contributed by atoms with van der Waals surface area (Å²) in [7, 11) is 0. The van der Waals surface area contributed by atoms with Gasteiger partial charge >= 0.3 is 0 Å². The number of hydrogen-bond acceptors (Lipinski definition) is 4. The number of likely N-dealkylation sites (tertiary alicyclic amines) is 2. The van der Waals surface area contributed by atoms with E-state index >= 15 is 0 Å². The van der Waals surface area contributed by atoms with Crippen LogP contribution in [0.3, 0.4) is 0 Å². The zero-order valence-electron chi connectivity index (χ0n) is 23.4. The van der Waals surface area contributed by atoms with Crippen LogP contribution in [0.2, 0.25) is 10.0 Å². The molecule has 0 N–H and O–H groups in total. The van der Waals surface area contributed by atoms with Crippen molar-refractivity contribution in [3.05, 3.63) is 92.1 Å². The van der Waals surface area contributed by atoms with E-state index in [-0.39, 0.29) is 0 Å². The Balaban J connectivity index is 1.02. The molecule has 2 aliphatic heterocycles. The molecule has 1 aromatic heterocycles. The van der Waals surface area contributed by atoms with Crippen LogP contribution in [0.25, 0.3) is 0 Å². The van der Waals surface area contributed by atoms with E-state index in [2.05, 4.69) is 63.0 Å². The zero-order chi connectivity index (χ0) is 27.3. The van der Waals surface area contributed by atoms with E-state index in [1.54, 1.807) is 0 Å². The summed E-state index contributed by atoms with van der Waals surface area (Å²) in [6.07, 6.45) is 8.35. The molecule has 0 bridgehead atoms. The first kappa shape index (κ1) is 28.7. The lowest BCUT2D eigenvalue weighted by molar-refractivity contribution is -0.0421. The van der Waals surface area contributed by atoms with E-state index in [1.807, 2.05) is 23.5 Å². The van der Waals surface area contributed by atoms with Crippen LogP contribution in [-0.2, 0) is 17.9 Å². The smallest absolute Gasteiger partial charge is 0.0720 e. The van der Waals surface area contributed by atoms with Crippen LogP contribution in [0.4, 0.5) is 0 Å². The summed E-state index contributed by atoms with van der Waals surface area (Å²) in [5, 5.41) is 6.07. The van der Waals surface area contributed by atoms with Gasteiger partial charge in [-0.1, -0.05) is 66.0 Å². The average Bonchev–Trinajstić information content (AvgIpc) is 3.60. The number of benzene rings is 2. The molecule has 1 unspecified atom stereocenters. The van der Waals surface area contributed by atoms with Crippen LogP contribution in [0.15, 0.2) is 65.4 Å². The van der Waals surface area contributed by atoms with Gasteiger partial charge in [-0.3, -0.25) is 4.90 Å².